The van der Waals surface area contributed by atoms with Crippen LogP contribution in [0.25, 0.3) is 0 Å². The molecule has 1 nitrogen and oxygen atoms in total. The molecular weight excluding hydrogens is 376 g/mol. The van der Waals surface area contributed by atoms with Crippen molar-refractivity contribution in [1.29, 1.82) is 0 Å². The molecule has 0 unspecified atom stereocenters. The van der Waals surface area contributed by atoms with Gasteiger partial charge < -0.3 is 0 Å². The fraction of sp³-hybridized carbons (Fsp3) is 0.767. The van der Waals surface area contributed by atoms with Crippen molar-refractivity contribution in [3.05, 3.63) is 35.9 Å². The highest BCUT2D eigenvalue weighted by Crippen LogP contribution is 2.52. The molecule has 3 saturated carbocycles. The molecule has 1 heteroatoms. The van der Waals surface area contributed by atoms with E-state index in [1.54, 1.807) is 0 Å². The van der Waals surface area contributed by atoms with Gasteiger partial charge in [-0.25, -0.2) is 0 Å². The van der Waals surface area contributed by atoms with Crippen molar-refractivity contribution in [2.24, 2.45) is 29.1 Å². The van der Waals surface area contributed by atoms with Crippen molar-refractivity contribution in [2.45, 2.75) is 116 Å². The minimum absolute atomic E-state index is 0.0541. The van der Waals surface area contributed by atoms with Crippen LogP contribution in [0, 0.1) is 29.1 Å². The van der Waals surface area contributed by atoms with Gasteiger partial charge in [0.25, 0.3) is 0 Å². The maximum absolute atomic E-state index is 13.7. The maximum atomic E-state index is 13.7. The Hall–Kier alpha value is -1.11. The van der Waals surface area contributed by atoms with Gasteiger partial charge in [-0.15, -0.1) is 0 Å². The molecule has 3 fully saturated rings. The van der Waals surface area contributed by atoms with E-state index in [0.29, 0.717) is 11.7 Å². The zero-order valence-electron chi connectivity index (χ0n) is 20.1. The van der Waals surface area contributed by atoms with Gasteiger partial charge in [0.15, 0.2) is 5.78 Å². The summed E-state index contributed by atoms with van der Waals surface area (Å²) in [4.78, 5) is 13.7. The summed E-state index contributed by atoms with van der Waals surface area (Å²) in [7, 11) is 0. The normalized spacial score (nSPS) is 31.3. The van der Waals surface area contributed by atoms with Gasteiger partial charge in [0.1, 0.15) is 0 Å². The van der Waals surface area contributed by atoms with Crippen LogP contribution in [0.2, 0.25) is 0 Å². The van der Waals surface area contributed by atoms with Crippen molar-refractivity contribution in [1.82, 2.24) is 0 Å². The Balaban J connectivity index is 1.33. The van der Waals surface area contributed by atoms with Crippen molar-refractivity contribution in [3.63, 3.8) is 0 Å². The van der Waals surface area contributed by atoms with Gasteiger partial charge in [-0.05, 0) is 75.0 Å². The number of unbranched alkanes of at least 4 members (excludes halogenated alkanes) is 2. The summed E-state index contributed by atoms with van der Waals surface area (Å²) < 4.78 is 0. The molecule has 3 aliphatic carbocycles. The first-order chi connectivity index (χ1) is 15.2. The smallest absolute Gasteiger partial charge is 0.169 e. The van der Waals surface area contributed by atoms with Gasteiger partial charge in [-0.2, -0.15) is 0 Å². The van der Waals surface area contributed by atoms with Gasteiger partial charge in [0.05, 0.1) is 0 Å². The molecule has 1 aromatic rings. The van der Waals surface area contributed by atoms with E-state index in [1.165, 1.54) is 96.3 Å². The number of Topliss-reactive ketones (excluding diaryl/α,β-unsaturated/α-hetero) is 1. The number of hydrogen-bond acceptors (Lipinski definition) is 1. The molecule has 0 atom stereocenters. The monoisotopic (exact) mass is 422 g/mol. The Morgan fingerprint density at radius 1 is 0.806 bits per heavy atom. The quantitative estimate of drug-likeness (QED) is 0.302. The molecule has 0 heterocycles. The van der Waals surface area contributed by atoms with Crippen LogP contribution in [0.4, 0.5) is 0 Å². The SMILES string of the molecule is CCCCCC1CCC(C2CCC(C3(C(=O)c4ccccc4)CCCCC3)CC2)CC1. The van der Waals surface area contributed by atoms with E-state index in [4.69, 9.17) is 0 Å². The van der Waals surface area contributed by atoms with Crippen LogP contribution in [0.5, 0.6) is 0 Å². The number of rotatable bonds is 8. The minimum atomic E-state index is -0.0541. The maximum Gasteiger partial charge on any atom is 0.169 e. The van der Waals surface area contributed by atoms with E-state index >= 15 is 0 Å². The number of carbonyl (C=O) groups is 1. The molecule has 3 aliphatic rings. The molecule has 0 aromatic heterocycles. The molecule has 31 heavy (non-hydrogen) atoms. The molecule has 172 valence electrons. The predicted molar refractivity (Wildman–Crippen MR) is 131 cm³/mol. The summed E-state index contributed by atoms with van der Waals surface area (Å²) >= 11 is 0. The van der Waals surface area contributed by atoms with Crippen LogP contribution in [0.3, 0.4) is 0 Å². The summed E-state index contributed by atoms with van der Waals surface area (Å²) in [5, 5.41) is 0. The third-order valence-electron chi connectivity index (χ3n) is 9.56. The van der Waals surface area contributed by atoms with Crippen LogP contribution in [0.15, 0.2) is 30.3 Å². The van der Waals surface area contributed by atoms with Crippen molar-refractivity contribution in [3.8, 4) is 0 Å². The first-order valence-corrected chi connectivity index (χ1v) is 13.8. The second kappa shape index (κ2) is 11.2. The lowest BCUT2D eigenvalue weighted by Crippen LogP contribution is -2.43. The Labute approximate surface area is 191 Å². The average molecular weight is 423 g/mol. The topological polar surface area (TPSA) is 17.1 Å². The lowest BCUT2D eigenvalue weighted by molar-refractivity contribution is 0.0324. The number of ketones is 1. The number of carbonyl (C=O) groups excluding carboxylic acids is 1. The molecule has 0 radical (unpaired) electrons. The summed E-state index contributed by atoms with van der Waals surface area (Å²) in [5.41, 5.74) is 0.912. The standard InChI is InChI=1S/C30H46O/c1-2-3-6-11-24-14-16-25(17-15-24)26-18-20-28(21-19-26)30(22-9-5-10-23-30)29(31)27-12-7-4-8-13-27/h4,7-8,12-13,24-26,28H,2-3,5-6,9-11,14-23H2,1H3. The third-order valence-corrected chi connectivity index (χ3v) is 9.56. The van der Waals surface area contributed by atoms with E-state index in [-0.39, 0.29) is 5.41 Å². The Kier molecular flexibility index (Phi) is 8.30. The fourth-order valence-corrected chi connectivity index (χ4v) is 7.65. The van der Waals surface area contributed by atoms with Gasteiger partial charge in [0.2, 0.25) is 0 Å². The number of benzene rings is 1. The van der Waals surface area contributed by atoms with Gasteiger partial charge in [-0.1, -0.05) is 95.0 Å². The molecule has 0 aliphatic heterocycles. The molecule has 0 spiro atoms. The fourth-order valence-electron chi connectivity index (χ4n) is 7.65. The summed E-state index contributed by atoms with van der Waals surface area (Å²) in [6.07, 6.45) is 23.2. The molecule has 1 aromatic carbocycles. The summed E-state index contributed by atoms with van der Waals surface area (Å²) in [5.74, 6) is 4.05. The number of hydrogen-bond donors (Lipinski definition) is 0. The van der Waals surface area contributed by atoms with Crippen molar-refractivity contribution in [2.75, 3.05) is 0 Å². The van der Waals surface area contributed by atoms with Gasteiger partial charge in [-0.3, -0.25) is 4.79 Å². The second-order valence-electron chi connectivity index (χ2n) is 11.3. The lowest BCUT2D eigenvalue weighted by Gasteiger charge is -2.47. The highest BCUT2D eigenvalue weighted by Gasteiger charge is 2.47. The van der Waals surface area contributed by atoms with Crippen molar-refractivity contribution < 1.29 is 4.79 Å². The predicted octanol–water partition coefficient (Wildman–Crippen LogP) is 9.01. The summed E-state index contributed by atoms with van der Waals surface area (Å²) in [6.45, 7) is 2.32. The first-order valence-electron chi connectivity index (χ1n) is 13.8. The first kappa shape index (κ1) is 23.1. The minimum Gasteiger partial charge on any atom is -0.294 e. The van der Waals surface area contributed by atoms with E-state index in [9.17, 15) is 4.79 Å². The third kappa shape index (κ3) is 5.45. The van der Waals surface area contributed by atoms with Crippen LogP contribution >= 0.6 is 0 Å². The zero-order valence-corrected chi connectivity index (χ0v) is 20.1. The van der Waals surface area contributed by atoms with Crippen LogP contribution in [-0.4, -0.2) is 5.78 Å². The van der Waals surface area contributed by atoms with Gasteiger partial charge in [0, 0.05) is 11.0 Å². The Morgan fingerprint density at radius 2 is 1.42 bits per heavy atom. The van der Waals surface area contributed by atoms with E-state index in [1.807, 2.05) is 18.2 Å². The second-order valence-corrected chi connectivity index (χ2v) is 11.3. The van der Waals surface area contributed by atoms with Crippen molar-refractivity contribution >= 4 is 5.78 Å². The largest absolute Gasteiger partial charge is 0.294 e. The molecule has 0 amide bonds. The van der Waals surface area contributed by atoms with E-state index in [2.05, 4.69) is 19.1 Å². The van der Waals surface area contributed by atoms with Crippen LogP contribution in [0.1, 0.15) is 126 Å². The summed E-state index contributed by atoms with van der Waals surface area (Å²) in [6, 6.07) is 10.2. The Bertz CT molecular complexity index is 655. The molecule has 0 N–H and O–H groups in total. The average Bonchev–Trinajstić information content (AvgIpc) is 2.85. The van der Waals surface area contributed by atoms with Gasteiger partial charge >= 0.3 is 0 Å². The Morgan fingerprint density at radius 3 is 2.03 bits per heavy atom. The molecule has 4 rings (SSSR count). The zero-order chi connectivity index (χ0) is 21.5. The highest BCUT2D eigenvalue weighted by molar-refractivity contribution is 6.00. The van der Waals surface area contributed by atoms with E-state index in [0.717, 1.165) is 36.2 Å². The van der Waals surface area contributed by atoms with E-state index < -0.39 is 0 Å². The molecular formula is C30H46O. The van der Waals surface area contributed by atoms with Crippen LogP contribution < -0.4 is 0 Å². The molecule has 0 bridgehead atoms. The highest BCUT2D eigenvalue weighted by atomic mass is 16.1. The lowest BCUT2D eigenvalue weighted by atomic mass is 9.56. The molecule has 0 saturated heterocycles. The van der Waals surface area contributed by atoms with Crippen LogP contribution in [-0.2, 0) is 0 Å².